The number of carboxylic acids is 1. The number of carboxylic acid groups (broad SMARTS) is 1. The van der Waals surface area contributed by atoms with Gasteiger partial charge in [-0.25, -0.2) is 15.0 Å². The molecule has 12 nitrogen and oxygen atoms in total. The van der Waals surface area contributed by atoms with Crippen LogP contribution in [-0.4, -0.2) is 66.8 Å². The quantitative estimate of drug-likeness (QED) is 0.111. The summed E-state index contributed by atoms with van der Waals surface area (Å²) in [5.41, 5.74) is 9.62. The minimum absolute atomic E-state index is 0.395. The lowest BCUT2D eigenvalue weighted by Gasteiger charge is -2.20. The highest BCUT2D eigenvalue weighted by molar-refractivity contribution is 5.90. The molecule has 1 aliphatic rings. The fraction of sp³-hybridized carbons (Fsp3) is 0.317. The van der Waals surface area contributed by atoms with Crippen molar-refractivity contribution < 1.29 is 19.4 Å². The average Bonchev–Trinajstić information content (AvgIpc) is 3.72. The molecule has 12 heteroatoms. The van der Waals surface area contributed by atoms with Gasteiger partial charge in [-0.1, -0.05) is 24.3 Å². The van der Waals surface area contributed by atoms with Crippen molar-refractivity contribution in [1.82, 2.24) is 30.2 Å². The van der Waals surface area contributed by atoms with Crippen molar-refractivity contribution in [3.05, 3.63) is 94.4 Å². The van der Waals surface area contributed by atoms with Crippen LogP contribution in [0.2, 0.25) is 0 Å². The summed E-state index contributed by atoms with van der Waals surface area (Å²) in [6, 6.07) is 20.1. The second-order valence-corrected chi connectivity index (χ2v) is 14.3. The minimum atomic E-state index is -0.787. The van der Waals surface area contributed by atoms with Crippen LogP contribution in [0, 0.1) is 37.5 Å². The number of aryl methyl sites for hydroxylation is 1. The monoisotopic (exact) mass is 710 g/mol. The number of nitrogens with zero attached hydrogens (tertiary/aromatic N) is 6. The number of oxazole rings is 1. The first-order chi connectivity index (χ1) is 25.4. The van der Waals surface area contributed by atoms with Crippen molar-refractivity contribution in [2.24, 2.45) is 5.41 Å². The molecule has 4 heterocycles. The van der Waals surface area contributed by atoms with Crippen molar-refractivity contribution in [3.63, 3.8) is 0 Å². The van der Waals surface area contributed by atoms with Crippen LogP contribution in [0.3, 0.4) is 0 Å². The normalized spacial score (nSPS) is 16.6. The van der Waals surface area contributed by atoms with E-state index in [0.717, 1.165) is 50.1 Å². The van der Waals surface area contributed by atoms with Gasteiger partial charge in [0.2, 0.25) is 5.89 Å². The number of likely N-dealkylation sites (tertiary alicyclic amines) is 1. The van der Waals surface area contributed by atoms with Crippen molar-refractivity contribution in [1.29, 1.82) is 5.26 Å². The summed E-state index contributed by atoms with van der Waals surface area (Å²) in [6.07, 6.45) is 1.95. The summed E-state index contributed by atoms with van der Waals surface area (Å²) in [6.45, 7) is 12.2. The highest BCUT2D eigenvalue weighted by Crippen LogP contribution is 2.38. The van der Waals surface area contributed by atoms with Crippen LogP contribution in [0.1, 0.15) is 53.9 Å². The summed E-state index contributed by atoms with van der Waals surface area (Å²) in [5, 5.41) is 36.0. The standard InChI is InChI=1S/C41H42N8O4/c1-23(50)18-43-19-28-16-34-36(44-20-28)38(46-26(4)45-34)47-33-11-7-9-31(25(33)3)30-8-6-10-32(24(30)2)39-48-35-15-27(14-29(17-42)37(35)53-39)21-49-13-12-41(5,22-49)40(51)52/h6-11,14-16,20,23,43,50H,12-13,18-19,21-22H2,1-5H3,(H,51,52)(H,45,46,47)/t23?,41-/m1/s1. The van der Waals surface area contributed by atoms with Crippen molar-refractivity contribution >= 4 is 39.6 Å². The molecule has 3 aromatic carbocycles. The van der Waals surface area contributed by atoms with Crippen LogP contribution in [0.5, 0.6) is 0 Å². The van der Waals surface area contributed by atoms with Gasteiger partial charge >= 0.3 is 5.97 Å². The third kappa shape index (κ3) is 7.19. The van der Waals surface area contributed by atoms with Gasteiger partial charge < -0.3 is 25.3 Å². The molecule has 4 N–H and O–H groups in total. The summed E-state index contributed by atoms with van der Waals surface area (Å²) in [7, 11) is 0. The van der Waals surface area contributed by atoms with Crippen LogP contribution in [-0.2, 0) is 17.9 Å². The average molecular weight is 711 g/mol. The van der Waals surface area contributed by atoms with Crippen molar-refractivity contribution in [2.45, 2.75) is 60.2 Å². The molecule has 2 atom stereocenters. The number of anilines is 2. The molecule has 0 aliphatic carbocycles. The predicted molar refractivity (Wildman–Crippen MR) is 203 cm³/mol. The number of nitrogens with one attached hydrogen (secondary N) is 2. The Labute approximate surface area is 307 Å². The highest BCUT2D eigenvalue weighted by Gasteiger charge is 2.40. The van der Waals surface area contributed by atoms with Gasteiger partial charge in [0.05, 0.1) is 22.6 Å². The number of aromatic nitrogens is 4. The lowest BCUT2D eigenvalue weighted by Crippen LogP contribution is -2.31. The molecule has 7 rings (SSSR count). The number of aliphatic hydroxyl groups is 1. The van der Waals surface area contributed by atoms with Gasteiger partial charge in [0.25, 0.3) is 0 Å². The van der Waals surface area contributed by atoms with E-state index in [1.807, 2.05) is 56.3 Å². The van der Waals surface area contributed by atoms with Gasteiger partial charge in [-0.3, -0.25) is 14.7 Å². The number of hydrogen-bond donors (Lipinski definition) is 4. The van der Waals surface area contributed by atoms with E-state index >= 15 is 0 Å². The molecule has 0 bridgehead atoms. The lowest BCUT2D eigenvalue weighted by molar-refractivity contribution is -0.147. The molecule has 1 fully saturated rings. The Morgan fingerprint density at radius 1 is 1.02 bits per heavy atom. The molecule has 6 aromatic rings. The maximum Gasteiger partial charge on any atom is 0.310 e. The van der Waals surface area contributed by atoms with E-state index in [1.54, 1.807) is 20.0 Å². The zero-order chi connectivity index (χ0) is 37.4. The lowest BCUT2D eigenvalue weighted by atomic mass is 9.90. The first kappa shape index (κ1) is 35.7. The van der Waals surface area contributed by atoms with E-state index in [-0.39, 0.29) is 0 Å². The zero-order valence-electron chi connectivity index (χ0n) is 30.5. The van der Waals surface area contributed by atoms with Gasteiger partial charge in [-0.05, 0) is 111 Å². The van der Waals surface area contributed by atoms with Crippen LogP contribution in [0.15, 0.2) is 65.2 Å². The van der Waals surface area contributed by atoms with E-state index in [4.69, 9.17) is 19.4 Å². The molecule has 0 spiro atoms. The summed E-state index contributed by atoms with van der Waals surface area (Å²) in [5.74, 6) is 0.872. The first-order valence-electron chi connectivity index (χ1n) is 17.7. The SMILES string of the molecule is Cc1nc(Nc2cccc(-c3cccc(-c4nc5cc(CN6CC[C@@](C)(C(=O)O)C6)cc(C#N)c5o4)c3C)c2C)c2ncc(CNCC(C)O)cc2n1. The molecule has 3 aromatic heterocycles. The number of hydrogen-bond acceptors (Lipinski definition) is 11. The van der Waals surface area contributed by atoms with Crippen molar-refractivity contribution in [2.75, 3.05) is 25.0 Å². The van der Waals surface area contributed by atoms with E-state index < -0.39 is 17.5 Å². The van der Waals surface area contributed by atoms with E-state index in [2.05, 4.69) is 45.6 Å². The summed E-state index contributed by atoms with van der Waals surface area (Å²) >= 11 is 0. The van der Waals surface area contributed by atoms with E-state index in [9.17, 15) is 20.3 Å². The molecule has 0 amide bonds. The van der Waals surface area contributed by atoms with Crippen LogP contribution >= 0.6 is 0 Å². The van der Waals surface area contributed by atoms with E-state index in [1.165, 1.54) is 0 Å². The second-order valence-electron chi connectivity index (χ2n) is 14.3. The van der Waals surface area contributed by atoms with Gasteiger partial charge in [-0.15, -0.1) is 0 Å². The van der Waals surface area contributed by atoms with Crippen LogP contribution in [0.25, 0.3) is 44.7 Å². The topological polar surface area (TPSA) is 173 Å². The Balaban J connectivity index is 1.17. The molecule has 0 radical (unpaired) electrons. The number of benzene rings is 3. The zero-order valence-corrected chi connectivity index (χ0v) is 30.5. The van der Waals surface area contributed by atoms with Gasteiger partial charge in [0.15, 0.2) is 11.4 Å². The predicted octanol–water partition coefficient (Wildman–Crippen LogP) is 6.81. The molecule has 270 valence electrons. The number of aliphatic carboxylic acids is 1. The molecule has 1 aliphatic heterocycles. The summed E-state index contributed by atoms with van der Waals surface area (Å²) < 4.78 is 6.29. The minimum Gasteiger partial charge on any atom is -0.481 e. The van der Waals surface area contributed by atoms with Gasteiger partial charge in [0.1, 0.15) is 22.9 Å². The summed E-state index contributed by atoms with van der Waals surface area (Å²) in [4.78, 5) is 32.8. The Bertz CT molecular complexity index is 2420. The third-order valence-electron chi connectivity index (χ3n) is 10.1. The Morgan fingerprint density at radius 2 is 1.75 bits per heavy atom. The fourth-order valence-corrected chi connectivity index (χ4v) is 7.14. The number of rotatable bonds is 11. The molecule has 53 heavy (non-hydrogen) atoms. The second kappa shape index (κ2) is 14.4. The Hall–Kier alpha value is -5.74. The Kier molecular flexibility index (Phi) is 9.65. The molecule has 1 unspecified atom stereocenters. The maximum atomic E-state index is 11.8. The van der Waals surface area contributed by atoms with Crippen LogP contribution in [0.4, 0.5) is 11.5 Å². The fourth-order valence-electron chi connectivity index (χ4n) is 7.14. The number of carbonyl (C=O) groups is 1. The smallest absolute Gasteiger partial charge is 0.310 e. The first-order valence-corrected chi connectivity index (χ1v) is 17.7. The third-order valence-corrected chi connectivity index (χ3v) is 10.1. The number of nitriles is 1. The van der Waals surface area contributed by atoms with Gasteiger partial charge in [0, 0.05) is 43.6 Å². The van der Waals surface area contributed by atoms with Crippen molar-refractivity contribution in [3.8, 4) is 28.7 Å². The van der Waals surface area contributed by atoms with Crippen LogP contribution < -0.4 is 10.6 Å². The molecular weight excluding hydrogens is 669 g/mol. The molecule has 0 saturated carbocycles. The molecular formula is C41H42N8O4. The van der Waals surface area contributed by atoms with Gasteiger partial charge in [-0.2, -0.15) is 5.26 Å². The largest absolute Gasteiger partial charge is 0.481 e. The van der Waals surface area contributed by atoms with E-state index in [0.29, 0.717) is 78.9 Å². The molecule has 1 saturated heterocycles. The highest BCUT2D eigenvalue weighted by atomic mass is 16.4. The number of fused-ring (bicyclic) bond motifs is 2. The maximum absolute atomic E-state index is 11.8. The Morgan fingerprint density at radius 3 is 2.49 bits per heavy atom. The number of pyridine rings is 1. The number of aliphatic hydroxyl groups excluding tert-OH is 1.